The molecule has 0 aliphatic heterocycles. The molecule has 0 heterocycles. The van der Waals surface area contributed by atoms with Crippen LogP contribution in [0.4, 0.5) is 0 Å². The monoisotopic (exact) mass is 265 g/mol. The molecule has 1 aromatic rings. The first kappa shape index (κ1) is 15.5. The second-order valence-electron chi connectivity index (χ2n) is 5.27. The van der Waals surface area contributed by atoms with E-state index in [0.29, 0.717) is 6.54 Å². The van der Waals surface area contributed by atoms with E-state index in [1.54, 1.807) is 6.92 Å². The summed E-state index contributed by atoms with van der Waals surface area (Å²) in [6.45, 7) is 6.03. The molecule has 1 rings (SSSR count). The third-order valence-electron chi connectivity index (χ3n) is 3.48. The Labute approximate surface area is 114 Å². The molecule has 0 fully saturated rings. The molecule has 106 valence electrons. The SMILES string of the molecule is CC(O)C(C)(C)NCC(/C(N)=N/O)c1ccccc1. The molecule has 0 saturated carbocycles. The molecule has 5 N–H and O–H groups in total. The van der Waals surface area contributed by atoms with Crippen LogP contribution in [0.25, 0.3) is 0 Å². The molecule has 0 aliphatic rings. The van der Waals surface area contributed by atoms with E-state index in [0.717, 1.165) is 5.56 Å². The van der Waals surface area contributed by atoms with Crippen LogP contribution in [-0.4, -0.2) is 34.3 Å². The summed E-state index contributed by atoms with van der Waals surface area (Å²) < 4.78 is 0. The van der Waals surface area contributed by atoms with Crippen LogP contribution in [0.5, 0.6) is 0 Å². The highest BCUT2D eigenvalue weighted by molar-refractivity contribution is 5.87. The van der Waals surface area contributed by atoms with Gasteiger partial charge < -0.3 is 21.4 Å². The average molecular weight is 265 g/mol. The van der Waals surface area contributed by atoms with Gasteiger partial charge in [0.15, 0.2) is 0 Å². The smallest absolute Gasteiger partial charge is 0.147 e. The molecule has 5 heteroatoms. The minimum absolute atomic E-state index is 0.153. The predicted octanol–water partition coefficient (Wildman–Crippen LogP) is 1.27. The molecule has 1 aromatic carbocycles. The zero-order valence-corrected chi connectivity index (χ0v) is 11.7. The number of aliphatic hydroxyl groups excluding tert-OH is 1. The molecule has 19 heavy (non-hydrogen) atoms. The normalized spacial score (nSPS) is 16.1. The van der Waals surface area contributed by atoms with E-state index in [9.17, 15) is 5.11 Å². The van der Waals surface area contributed by atoms with Crippen LogP contribution in [0.2, 0.25) is 0 Å². The summed E-state index contributed by atoms with van der Waals surface area (Å²) in [4.78, 5) is 0. The van der Waals surface area contributed by atoms with Crippen molar-refractivity contribution in [3.63, 3.8) is 0 Å². The van der Waals surface area contributed by atoms with Gasteiger partial charge in [-0.15, -0.1) is 0 Å². The number of rotatable bonds is 6. The van der Waals surface area contributed by atoms with Gasteiger partial charge in [-0.2, -0.15) is 0 Å². The van der Waals surface area contributed by atoms with Crippen LogP contribution >= 0.6 is 0 Å². The third kappa shape index (κ3) is 4.22. The van der Waals surface area contributed by atoms with E-state index in [1.807, 2.05) is 44.2 Å². The van der Waals surface area contributed by atoms with E-state index in [-0.39, 0.29) is 11.8 Å². The second kappa shape index (κ2) is 6.54. The first-order valence-corrected chi connectivity index (χ1v) is 6.34. The Bertz CT molecular complexity index is 416. The van der Waals surface area contributed by atoms with Gasteiger partial charge in [-0.3, -0.25) is 0 Å². The summed E-state index contributed by atoms with van der Waals surface area (Å²) in [6.07, 6.45) is -0.504. The van der Waals surface area contributed by atoms with Crippen molar-refractivity contribution in [2.75, 3.05) is 6.54 Å². The molecule has 2 atom stereocenters. The lowest BCUT2D eigenvalue weighted by Crippen LogP contribution is -2.50. The van der Waals surface area contributed by atoms with Gasteiger partial charge in [0.1, 0.15) is 5.84 Å². The van der Waals surface area contributed by atoms with Gasteiger partial charge in [-0.05, 0) is 26.3 Å². The van der Waals surface area contributed by atoms with Crippen LogP contribution in [0.1, 0.15) is 32.3 Å². The van der Waals surface area contributed by atoms with Crippen molar-refractivity contribution < 1.29 is 10.3 Å². The van der Waals surface area contributed by atoms with E-state index < -0.39 is 11.6 Å². The average Bonchev–Trinajstić information content (AvgIpc) is 2.39. The Morgan fingerprint density at radius 2 is 1.95 bits per heavy atom. The second-order valence-corrected chi connectivity index (χ2v) is 5.27. The van der Waals surface area contributed by atoms with Crippen molar-refractivity contribution in [1.82, 2.24) is 5.32 Å². The van der Waals surface area contributed by atoms with Crippen molar-refractivity contribution in [1.29, 1.82) is 0 Å². The number of aliphatic hydroxyl groups is 1. The number of amidine groups is 1. The minimum Gasteiger partial charge on any atom is -0.409 e. The maximum absolute atomic E-state index is 9.69. The molecule has 5 nitrogen and oxygen atoms in total. The third-order valence-corrected chi connectivity index (χ3v) is 3.48. The van der Waals surface area contributed by atoms with Crippen LogP contribution < -0.4 is 11.1 Å². The maximum atomic E-state index is 9.69. The summed E-state index contributed by atoms with van der Waals surface area (Å²) in [7, 11) is 0. The van der Waals surface area contributed by atoms with Gasteiger partial charge in [0.05, 0.1) is 12.0 Å². The lowest BCUT2D eigenvalue weighted by molar-refractivity contribution is 0.0967. The number of hydrogen-bond acceptors (Lipinski definition) is 4. The molecule has 0 radical (unpaired) electrons. The van der Waals surface area contributed by atoms with E-state index in [2.05, 4.69) is 10.5 Å². The molecule has 0 amide bonds. The molecular weight excluding hydrogens is 242 g/mol. The van der Waals surface area contributed by atoms with Crippen molar-refractivity contribution >= 4 is 5.84 Å². The molecule has 0 aromatic heterocycles. The zero-order chi connectivity index (χ0) is 14.5. The fourth-order valence-electron chi connectivity index (χ4n) is 1.66. The Kier molecular flexibility index (Phi) is 5.32. The highest BCUT2D eigenvalue weighted by atomic mass is 16.4. The number of nitrogens with one attached hydrogen (secondary N) is 1. The Morgan fingerprint density at radius 1 is 1.37 bits per heavy atom. The van der Waals surface area contributed by atoms with Gasteiger partial charge in [-0.1, -0.05) is 35.5 Å². The molecular formula is C14H23N3O2. The number of hydrogen-bond donors (Lipinski definition) is 4. The van der Waals surface area contributed by atoms with Crippen molar-refractivity contribution in [2.24, 2.45) is 10.9 Å². The van der Waals surface area contributed by atoms with Gasteiger partial charge in [0, 0.05) is 12.1 Å². The van der Waals surface area contributed by atoms with Gasteiger partial charge >= 0.3 is 0 Å². The van der Waals surface area contributed by atoms with Crippen molar-refractivity contribution in [2.45, 2.75) is 38.3 Å². The predicted molar refractivity (Wildman–Crippen MR) is 76.4 cm³/mol. The fraction of sp³-hybridized carbons (Fsp3) is 0.500. The fourth-order valence-corrected chi connectivity index (χ4v) is 1.66. The zero-order valence-electron chi connectivity index (χ0n) is 11.7. The summed E-state index contributed by atoms with van der Waals surface area (Å²) >= 11 is 0. The molecule has 0 spiro atoms. The summed E-state index contributed by atoms with van der Waals surface area (Å²) in [5.74, 6) is -0.0793. The number of nitrogens with zero attached hydrogens (tertiary/aromatic N) is 1. The topological polar surface area (TPSA) is 90.9 Å². The van der Waals surface area contributed by atoms with Gasteiger partial charge in [-0.25, -0.2) is 0 Å². The minimum atomic E-state index is -0.504. The Hall–Kier alpha value is -1.59. The lowest BCUT2D eigenvalue weighted by atomic mass is 9.94. The lowest BCUT2D eigenvalue weighted by Gasteiger charge is -2.31. The Balaban J connectivity index is 2.84. The summed E-state index contributed by atoms with van der Waals surface area (Å²) in [6, 6.07) is 9.60. The largest absolute Gasteiger partial charge is 0.409 e. The summed E-state index contributed by atoms with van der Waals surface area (Å²) in [5, 5.41) is 24.9. The van der Waals surface area contributed by atoms with Crippen molar-refractivity contribution in [3.8, 4) is 0 Å². The summed E-state index contributed by atoms with van der Waals surface area (Å²) in [5.41, 5.74) is 6.28. The first-order chi connectivity index (χ1) is 8.88. The molecule has 0 aliphatic carbocycles. The highest BCUT2D eigenvalue weighted by Gasteiger charge is 2.26. The van der Waals surface area contributed by atoms with Crippen molar-refractivity contribution in [3.05, 3.63) is 35.9 Å². The quantitative estimate of drug-likeness (QED) is 0.270. The van der Waals surface area contributed by atoms with Crippen LogP contribution in [0, 0.1) is 0 Å². The standard InChI is InChI=1S/C14H23N3O2/c1-10(18)14(2,3)16-9-12(13(15)17-19)11-7-5-4-6-8-11/h4-8,10,12,16,18-19H,9H2,1-3H3,(H2,15,17). The van der Waals surface area contributed by atoms with Gasteiger partial charge in [0.2, 0.25) is 0 Å². The van der Waals surface area contributed by atoms with Crippen LogP contribution in [-0.2, 0) is 0 Å². The molecule has 0 saturated heterocycles. The van der Waals surface area contributed by atoms with E-state index in [1.165, 1.54) is 0 Å². The first-order valence-electron chi connectivity index (χ1n) is 6.34. The number of nitrogens with two attached hydrogens (primary N) is 1. The molecule has 0 bridgehead atoms. The van der Waals surface area contributed by atoms with E-state index in [4.69, 9.17) is 10.9 Å². The van der Waals surface area contributed by atoms with Gasteiger partial charge in [0.25, 0.3) is 0 Å². The van der Waals surface area contributed by atoms with Crippen LogP contribution in [0.15, 0.2) is 35.5 Å². The van der Waals surface area contributed by atoms with Crippen LogP contribution in [0.3, 0.4) is 0 Å². The molecule has 2 unspecified atom stereocenters. The maximum Gasteiger partial charge on any atom is 0.147 e. The highest BCUT2D eigenvalue weighted by Crippen LogP contribution is 2.17. The Morgan fingerprint density at radius 3 is 2.42 bits per heavy atom. The van der Waals surface area contributed by atoms with E-state index >= 15 is 0 Å². The number of benzene rings is 1. The number of oxime groups is 1.